The number of ether oxygens (including phenoxy) is 1. The van der Waals surface area contributed by atoms with Crippen LogP contribution in [0.3, 0.4) is 0 Å². The van der Waals surface area contributed by atoms with Crippen LogP contribution in [-0.2, 0) is 11.3 Å². The van der Waals surface area contributed by atoms with Crippen LogP contribution in [0.15, 0.2) is 24.5 Å². The standard InChI is InChI=1S/C36H66NO2.ClH/c1-3-5-7-9-11-13-15-17-18-19-21-23-25-27-31-37-32-29-35(30-33-37)36(38)39-34-28-26-24-22-20-16-14-12-10-8-6-4-2;/h29-30,32-33H,3-28,31,34H2,1-2H3;1H/q+1;/p-1. The summed E-state index contributed by atoms with van der Waals surface area (Å²) < 4.78 is 7.70. The van der Waals surface area contributed by atoms with E-state index in [1.54, 1.807) is 0 Å². The fourth-order valence-electron chi connectivity index (χ4n) is 5.42. The van der Waals surface area contributed by atoms with Crippen LogP contribution in [0.5, 0.6) is 0 Å². The molecule has 0 unspecified atom stereocenters. The van der Waals surface area contributed by atoms with Gasteiger partial charge in [-0.1, -0.05) is 162 Å². The predicted molar refractivity (Wildman–Crippen MR) is 168 cm³/mol. The Morgan fingerprint density at radius 3 is 1.23 bits per heavy atom. The van der Waals surface area contributed by atoms with Crippen LogP contribution in [0, 0.1) is 0 Å². The van der Waals surface area contributed by atoms with Crippen LogP contribution in [0.4, 0.5) is 0 Å². The van der Waals surface area contributed by atoms with Gasteiger partial charge in [0.25, 0.3) is 0 Å². The molecule has 4 heteroatoms. The van der Waals surface area contributed by atoms with Gasteiger partial charge in [-0.25, -0.2) is 9.36 Å². The normalized spacial score (nSPS) is 10.9. The molecule has 1 aromatic heterocycles. The highest BCUT2D eigenvalue weighted by atomic mass is 35.5. The Morgan fingerprint density at radius 2 is 0.850 bits per heavy atom. The Morgan fingerprint density at radius 1 is 0.525 bits per heavy atom. The van der Waals surface area contributed by atoms with Gasteiger partial charge in [-0.3, -0.25) is 0 Å². The van der Waals surface area contributed by atoms with Gasteiger partial charge in [-0.05, 0) is 12.8 Å². The zero-order valence-electron chi connectivity index (χ0n) is 26.8. The van der Waals surface area contributed by atoms with Crippen molar-refractivity contribution in [2.75, 3.05) is 6.61 Å². The SMILES string of the molecule is CCCCCCCCCCCCCCCC[n+]1ccc(C(=O)OCCCCCCCCCCCCCC)cc1.[Cl-]. The molecule has 0 aliphatic heterocycles. The number of aromatic nitrogens is 1. The molecule has 0 aliphatic carbocycles. The summed E-state index contributed by atoms with van der Waals surface area (Å²) >= 11 is 0. The molecule has 1 heterocycles. The number of hydrogen-bond donors (Lipinski definition) is 0. The third kappa shape index (κ3) is 24.7. The van der Waals surface area contributed by atoms with Crippen LogP contribution >= 0.6 is 0 Å². The minimum absolute atomic E-state index is 0. The quantitative estimate of drug-likeness (QED) is 0.0542. The lowest BCUT2D eigenvalue weighted by atomic mass is 10.0. The van der Waals surface area contributed by atoms with E-state index in [9.17, 15) is 4.79 Å². The fourth-order valence-corrected chi connectivity index (χ4v) is 5.42. The number of pyridine rings is 1. The molecule has 0 amide bonds. The van der Waals surface area contributed by atoms with Crippen molar-refractivity contribution in [2.24, 2.45) is 0 Å². The van der Waals surface area contributed by atoms with Gasteiger partial charge in [0.1, 0.15) is 6.54 Å². The second-order valence-corrected chi connectivity index (χ2v) is 11.9. The van der Waals surface area contributed by atoms with Crippen LogP contribution < -0.4 is 17.0 Å². The van der Waals surface area contributed by atoms with E-state index < -0.39 is 0 Å². The monoisotopic (exact) mass is 579 g/mol. The molecular weight excluding hydrogens is 514 g/mol. The van der Waals surface area contributed by atoms with Gasteiger partial charge in [0.2, 0.25) is 0 Å². The van der Waals surface area contributed by atoms with Gasteiger partial charge in [-0.2, -0.15) is 0 Å². The Hall–Kier alpha value is -1.09. The van der Waals surface area contributed by atoms with E-state index >= 15 is 0 Å². The maximum absolute atomic E-state index is 12.3. The number of nitrogens with zero attached hydrogens (tertiary/aromatic N) is 1. The lowest BCUT2D eigenvalue weighted by molar-refractivity contribution is -0.697. The van der Waals surface area contributed by atoms with E-state index in [1.165, 1.54) is 154 Å². The molecule has 234 valence electrons. The lowest BCUT2D eigenvalue weighted by Crippen LogP contribution is -3.00. The van der Waals surface area contributed by atoms with Crippen LogP contribution in [0.1, 0.15) is 191 Å². The molecule has 1 aromatic rings. The van der Waals surface area contributed by atoms with Gasteiger partial charge >= 0.3 is 5.97 Å². The van der Waals surface area contributed by atoms with Crippen molar-refractivity contribution in [3.05, 3.63) is 30.1 Å². The van der Waals surface area contributed by atoms with E-state index in [1.807, 2.05) is 24.5 Å². The van der Waals surface area contributed by atoms with E-state index in [0.29, 0.717) is 12.2 Å². The summed E-state index contributed by atoms with van der Waals surface area (Å²) in [4.78, 5) is 12.3. The first-order valence-corrected chi connectivity index (χ1v) is 17.4. The number of halogens is 1. The number of carbonyl (C=O) groups excluding carboxylic acids is 1. The number of rotatable bonds is 29. The fraction of sp³-hybridized carbons (Fsp3) is 0.833. The number of esters is 1. The maximum Gasteiger partial charge on any atom is 0.338 e. The van der Waals surface area contributed by atoms with Crippen molar-refractivity contribution in [1.29, 1.82) is 0 Å². The van der Waals surface area contributed by atoms with Crippen molar-refractivity contribution < 1.29 is 26.5 Å². The van der Waals surface area contributed by atoms with Crippen molar-refractivity contribution in [3.8, 4) is 0 Å². The van der Waals surface area contributed by atoms with Gasteiger partial charge in [-0.15, -0.1) is 0 Å². The van der Waals surface area contributed by atoms with Crippen molar-refractivity contribution >= 4 is 5.97 Å². The zero-order chi connectivity index (χ0) is 28.1. The van der Waals surface area contributed by atoms with Crippen molar-refractivity contribution in [1.82, 2.24) is 0 Å². The number of aryl methyl sites for hydroxylation is 1. The van der Waals surface area contributed by atoms with Gasteiger partial charge in [0.05, 0.1) is 12.2 Å². The second-order valence-electron chi connectivity index (χ2n) is 11.9. The third-order valence-electron chi connectivity index (χ3n) is 8.13. The molecule has 0 aliphatic rings. The molecule has 0 saturated carbocycles. The minimum atomic E-state index is -0.179. The number of unbranched alkanes of at least 4 members (excludes halogenated alkanes) is 24. The molecule has 0 atom stereocenters. The summed E-state index contributed by atoms with van der Waals surface area (Å²) in [5, 5.41) is 0. The lowest BCUT2D eigenvalue weighted by Gasteiger charge is -2.05. The average molecular weight is 580 g/mol. The topological polar surface area (TPSA) is 30.2 Å². The summed E-state index contributed by atoms with van der Waals surface area (Å²) in [5.41, 5.74) is 0.672. The van der Waals surface area contributed by atoms with E-state index in [2.05, 4.69) is 18.4 Å². The zero-order valence-corrected chi connectivity index (χ0v) is 27.5. The van der Waals surface area contributed by atoms with Gasteiger partial charge < -0.3 is 17.1 Å². The summed E-state index contributed by atoms with van der Waals surface area (Å²) in [6, 6.07) is 3.82. The van der Waals surface area contributed by atoms with Crippen molar-refractivity contribution in [2.45, 2.75) is 187 Å². The smallest absolute Gasteiger partial charge is 0.338 e. The van der Waals surface area contributed by atoms with Gasteiger partial charge in [0, 0.05) is 18.6 Å². The van der Waals surface area contributed by atoms with E-state index in [4.69, 9.17) is 4.74 Å². The van der Waals surface area contributed by atoms with Crippen LogP contribution in [-0.4, -0.2) is 12.6 Å². The summed E-state index contributed by atoms with van der Waals surface area (Å²) in [5.74, 6) is -0.179. The molecule has 0 bridgehead atoms. The summed E-state index contributed by atoms with van der Waals surface area (Å²) in [6.45, 7) is 6.15. The van der Waals surface area contributed by atoms with E-state index in [-0.39, 0.29) is 18.4 Å². The summed E-state index contributed by atoms with van der Waals surface area (Å²) in [7, 11) is 0. The van der Waals surface area contributed by atoms with Crippen molar-refractivity contribution in [3.63, 3.8) is 0 Å². The molecule has 0 radical (unpaired) electrons. The first-order chi connectivity index (χ1) is 19.3. The molecule has 0 saturated heterocycles. The highest BCUT2D eigenvalue weighted by Gasteiger charge is 2.09. The first-order valence-electron chi connectivity index (χ1n) is 17.4. The maximum atomic E-state index is 12.3. The highest BCUT2D eigenvalue weighted by molar-refractivity contribution is 5.88. The summed E-state index contributed by atoms with van der Waals surface area (Å²) in [6.07, 6.45) is 39.4. The first kappa shape index (κ1) is 38.9. The Kier molecular flexibility index (Phi) is 30.0. The Balaban J connectivity index is 0.0000152. The number of carbonyl (C=O) groups is 1. The molecular formula is C36H66ClNO2. The molecule has 3 nitrogen and oxygen atoms in total. The average Bonchev–Trinajstić information content (AvgIpc) is 2.96. The highest BCUT2D eigenvalue weighted by Crippen LogP contribution is 2.14. The number of hydrogen-bond acceptors (Lipinski definition) is 2. The van der Waals surface area contributed by atoms with Crippen LogP contribution in [0.25, 0.3) is 0 Å². The minimum Gasteiger partial charge on any atom is -1.00 e. The Labute approximate surface area is 256 Å². The molecule has 0 N–H and O–H groups in total. The molecule has 1 rings (SSSR count). The third-order valence-corrected chi connectivity index (χ3v) is 8.13. The molecule has 0 aromatic carbocycles. The largest absolute Gasteiger partial charge is 1.00 e. The molecule has 40 heavy (non-hydrogen) atoms. The Bertz CT molecular complexity index is 649. The molecule has 0 spiro atoms. The van der Waals surface area contributed by atoms with Crippen LogP contribution in [0.2, 0.25) is 0 Å². The van der Waals surface area contributed by atoms with Gasteiger partial charge in [0.15, 0.2) is 12.4 Å². The van der Waals surface area contributed by atoms with E-state index in [0.717, 1.165) is 19.4 Å². The second kappa shape index (κ2) is 30.9. The molecule has 0 fully saturated rings. The predicted octanol–water partition coefficient (Wildman–Crippen LogP) is 8.32.